The predicted octanol–water partition coefficient (Wildman–Crippen LogP) is 8.10. The molecule has 3 aromatic rings. The lowest BCUT2D eigenvalue weighted by molar-refractivity contribution is -0.123. The first-order valence-electron chi connectivity index (χ1n) is 18.2. The van der Waals surface area contributed by atoms with E-state index in [1.54, 1.807) is 13.8 Å². The van der Waals surface area contributed by atoms with Crippen molar-refractivity contribution in [1.82, 2.24) is 4.31 Å². The van der Waals surface area contributed by atoms with Crippen LogP contribution in [0.25, 0.3) is 0 Å². The molecule has 0 aliphatic rings. The number of ketones is 1. The molecule has 0 bridgehead atoms. The van der Waals surface area contributed by atoms with E-state index in [0.29, 0.717) is 12.2 Å². The highest BCUT2D eigenvalue weighted by atomic mass is 32.2. The summed E-state index contributed by atoms with van der Waals surface area (Å²) in [6, 6.07) is 13.3. The summed E-state index contributed by atoms with van der Waals surface area (Å²) in [6.45, 7) is 19.8. The molecule has 290 valence electrons. The second-order valence-corrected chi connectivity index (χ2v) is 16.1. The van der Waals surface area contributed by atoms with Gasteiger partial charge in [-0.3, -0.25) is 14.4 Å². The average molecular weight is 752 g/mol. The minimum absolute atomic E-state index is 0.0343. The van der Waals surface area contributed by atoms with Crippen molar-refractivity contribution in [3.05, 3.63) is 70.8 Å². The Hall–Kier alpha value is -4.42. The molecule has 0 fully saturated rings. The van der Waals surface area contributed by atoms with Crippen molar-refractivity contribution in [3.8, 4) is 17.2 Å². The second-order valence-electron chi connectivity index (χ2n) is 14.2. The van der Waals surface area contributed by atoms with Gasteiger partial charge in [-0.05, 0) is 72.1 Å². The van der Waals surface area contributed by atoms with E-state index in [0.717, 1.165) is 18.4 Å². The lowest BCUT2D eigenvalue weighted by Gasteiger charge is -2.31. The molecule has 2 amide bonds. The molecular formula is C41H57N3O8S. The maximum absolute atomic E-state index is 14.5. The highest BCUT2D eigenvalue weighted by Gasteiger charge is 2.33. The molecule has 0 saturated heterocycles. The summed E-state index contributed by atoms with van der Waals surface area (Å²) >= 11 is 0. The van der Waals surface area contributed by atoms with Gasteiger partial charge < -0.3 is 24.8 Å². The van der Waals surface area contributed by atoms with Gasteiger partial charge in [0.25, 0.3) is 5.91 Å². The van der Waals surface area contributed by atoms with Gasteiger partial charge >= 0.3 is 0 Å². The topological polar surface area (TPSA) is 140 Å². The van der Waals surface area contributed by atoms with Crippen molar-refractivity contribution >= 4 is 39.0 Å². The minimum atomic E-state index is -4.19. The van der Waals surface area contributed by atoms with Crippen LogP contribution in [0.15, 0.2) is 53.4 Å². The number of nitrogens with zero attached hydrogens (tertiary/aromatic N) is 1. The van der Waals surface area contributed by atoms with Crippen LogP contribution in [0.3, 0.4) is 0 Å². The largest absolute Gasteiger partial charge is 0.495 e. The highest BCUT2D eigenvalue weighted by Crippen LogP contribution is 2.40. The molecule has 2 N–H and O–H groups in total. The molecule has 3 aromatic carbocycles. The second kappa shape index (κ2) is 17.6. The minimum Gasteiger partial charge on any atom is -0.495 e. The fourth-order valence-corrected chi connectivity index (χ4v) is 7.59. The van der Waals surface area contributed by atoms with Crippen LogP contribution in [0.5, 0.6) is 17.2 Å². The Kier molecular flexibility index (Phi) is 14.3. The first kappa shape index (κ1) is 43.0. The highest BCUT2D eigenvalue weighted by molar-refractivity contribution is 7.89. The van der Waals surface area contributed by atoms with Gasteiger partial charge in [-0.25, -0.2) is 8.42 Å². The zero-order valence-corrected chi connectivity index (χ0v) is 34.2. The number of benzene rings is 3. The van der Waals surface area contributed by atoms with Crippen molar-refractivity contribution < 1.29 is 37.0 Å². The van der Waals surface area contributed by atoms with Gasteiger partial charge in [-0.2, -0.15) is 4.31 Å². The molecule has 53 heavy (non-hydrogen) atoms. The third-order valence-electron chi connectivity index (χ3n) is 10.1. The fraction of sp³-hybridized carbons (Fsp3) is 0.488. The van der Waals surface area contributed by atoms with E-state index >= 15 is 0 Å². The van der Waals surface area contributed by atoms with Crippen LogP contribution in [0.1, 0.15) is 116 Å². The summed E-state index contributed by atoms with van der Waals surface area (Å²) < 4.78 is 46.5. The molecule has 1 unspecified atom stereocenters. The van der Waals surface area contributed by atoms with E-state index in [-0.39, 0.29) is 62.8 Å². The van der Waals surface area contributed by atoms with Gasteiger partial charge in [0.1, 0.15) is 17.2 Å². The lowest BCUT2D eigenvalue weighted by Crippen LogP contribution is -2.33. The molecule has 0 spiro atoms. The number of carbonyl (C=O) groups is 3. The van der Waals surface area contributed by atoms with Gasteiger partial charge in [0.05, 0.1) is 36.1 Å². The molecule has 0 aliphatic carbocycles. The van der Waals surface area contributed by atoms with Crippen LogP contribution in [-0.4, -0.2) is 63.7 Å². The van der Waals surface area contributed by atoms with E-state index in [1.165, 1.54) is 61.3 Å². The third-order valence-corrected chi connectivity index (χ3v) is 12.2. The Bertz CT molecular complexity index is 1920. The average Bonchev–Trinajstić information content (AvgIpc) is 3.13. The Labute approximate surface area is 315 Å². The van der Waals surface area contributed by atoms with Gasteiger partial charge in [0.15, 0.2) is 11.9 Å². The van der Waals surface area contributed by atoms with Crippen LogP contribution in [0, 0.1) is 0 Å². The third kappa shape index (κ3) is 9.39. The van der Waals surface area contributed by atoms with Crippen molar-refractivity contribution in [2.45, 2.75) is 110 Å². The number of anilines is 2. The van der Waals surface area contributed by atoms with Gasteiger partial charge in [-0.15, -0.1) is 0 Å². The number of ether oxygens (including phenoxy) is 3. The molecule has 3 rings (SSSR count). The van der Waals surface area contributed by atoms with Crippen molar-refractivity contribution in [1.29, 1.82) is 0 Å². The van der Waals surface area contributed by atoms with Crippen LogP contribution in [-0.2, 0) is 30.4 Å². The number of sulfonamides is 1. The Balaban J connectivity index is 2.13. The van der Waals surface area contributed by atoms with Crippen LogP contribution < -0.4 is 24.8 Å². The van der Waals surface area contributed by atoms with E-state index in [1.807, 2.05) is 13.0 Å². The Morgan fingerprint density at radius 3 is 1.89 bits per heavy atom. The molecule has 0 heterocycles. The molecule has 0 aromatic heterocycles. The first-order chi connectivity index (χ1) is 24.9. The number of hydrogen-bond donors (Lipinski definition) is 2. The smallest absolute Gasteiger partial charge is 0.265 e. The van der Waals surface area contributed by atoms with Crippen LogP contribution in [0.4, 0.5) is 11.4 Å². The van der Waals surface area contributed by atoms with Crippen molar-refractivity contribution in [2.24, 2.45) is 0 Å². The number of hydrogen-bond acceptors (Lipinski definition) is 8. The zero-order valence-electron chi connectivity index (χ0n) is 33.4. The molecule has 12 heteroatoms. The zero-order chi connectivity index (χ0) is 39.9. The number of nitrogens with one attached hydrogen (secondary N) is 2. The normalized spacial score (nSPS) is 12.6. The summed E-state index contributed by atoms with van der Waals surface area (Å²) in [5, 5.41) is 5.49. The van der Waals surface area contributed by atoms with E-state index < -0.39 is 33.7 Å². The maximum atomic E-state index is 14.5. The summed E-state index contributed by atoms with van der Waals surface area (Å²) in [5.74, 6) is -0.718. The number of rotatable bonds is 18. The summed E-state index contributed by atoms with van der Waals surface area (Å²) in [7, 11) is -1.40. The molecule has 1 atom stereocenters. The van der Waals surface area contributed by atoms with Gasteiger partial charge in [0, 0.05) is 31.1 Å². The van der Waals surface area contributed by atoms with Crippen molar-refractivity contribution in [3.63, 3.8) is 0 Å². The van der Waals surface area contributed by atoms with E-state index in [2.05, 4.69) is 64.3 Å². The van der Waals surface area contributed by atoms with Crippen LogP contribution in [0.2, 0.25) is 0 Å². The van der Waals surface area contributed by atoms with Crippen molar-refractivity contribution in [2.75, 3.05) is 37.9 Å². The SMILES string of the molecule is CCC(Oc1ccc(C(C)(C)CC)cc1C(C)(C)CC)C(=O)Nc1cc(C(=O)c2c(S(=O)(=O)N(CC)CC)ccc(OC)c2NC(C)=O)ccc1OC. The maximum Gasteiger partial charge on any atom is 0.265 e. The lowest BCUT2D eigenvalue weighted by atomic mass is 9.76. The predicted molar refractivity (Wildman–Crippen MR) is 210 cm³/mol. The van der Waals surface area contributed by atoms with Crippen LogP contribution >= 0.6 is 0 Å². The quantitative estimate of drug-likeness (QED) is 0.124. The fourth-order valence-electron chi connectivity index (χ4n) is 5.93. The monoisotopic (exact) mass is 751 g/mol. The number of methoxy groups -OCH3 is 2. The Morgan fingerprint density at radius 1 is 0.774 bits per heavy atom. The van der Waals surface area contributed by atoms with E-state index in [4.69, 9.17) is 14.2 Å². The number of amides is 2. The summed E-state index contributed by atoms with van der Waals surface area (Å²) in [6.07, 6.45) is 1.26. The molecule has 0 radical (unpaired) electrons. The Morgan fingerprint density at radius 2 is 1.36 bits per heavy atom. The number of carbonyl (C=O) groups excluding carboxylic acids is 3. The molecule has 0 saturated carbocycles. The van der Waals surface area contributed by atoms with E-state index in [9.17, 15) is 22.8 Å². The van der Waals surface area contributed by atoms with Gasteiger partial charge in [0.2, 0.25) is 15.9 Å². The first-order valence-corrected chi connectivity index (χ1v) is 19.6. The molecule has 11 nitrogen and oxygen atoms in total. The standard InChI is InChI=1S/C41H57N3O8S/c1-13-31(52-32-21-19-28(40(7,8)14-2)25-29(32)41(9,10)15-3)39(47)43-30-24-27(18-20-33(30)50-11)38(46)36-35(53(48,49)44(16-4)17-5)23-22-34(51-12)37(36)42-26(6)45/h18-25,31H,13-17H2,1-12H3,(H,42,45)(H,43,47). The summed E-state index contributed by atoms with van der Waals surface area (Å²) in [5.41, 5.74) is 1.79. The van der Waals surface area contributed by atoms with Gasteiger partial charge in [-0.1, -0.05) is 74.4 Å². The molecular weight excluding hydrogens is 695 g/mol. The molecule has 0 aliphatic heterocycles. The summed E-state index contributed by atoms with van der Waals surface area (Å²) in [4.78, 5) is 40.4.